The van der Waals surface area contributed by atoms with E-state index in [-0.39, 0.29) is 31.1 Å². The van der Waals surface area contributed by atoms with Crippen LogP contribution < -0.4 is 0 Å². The van der Waals surface area contributed by atoms with Gasteiger partial charge in [0.05, 0.1) is 0 Å². The van der Waals surface area contributed by atoms with Gasteiger partial charge in [-0.2, -0.15) is 0 Å². The second kappa shape index (κ2) is 48.5. The van der Waals surface area contributed by atoms with Crippen molar-refractivity contribution in [3.8, 4) is 0 Å². The Hall–Kier alpha value is -3.15. The van der Waals surface area contributed by atoms with E-state index in [9.17, 15) is 14.4 Å². The second-order valence-electron chi connectivity index (χ2n) is 16.4. The van der Waals surface area contributed by atoms with E-state index < -0.39 is 6.10 Å². The fourth-order valence-electron chi connectivity index (χ4n) is 6.66. The molecule has 6 nitrogen and oxygen atoms in total. The van der Waals surface area contributed by atoms with Crippen molar-refractivity contribution in [1.29, 1.82) is 0 Å². The van der Waals surface area contributed by atoms with E-state index in [0.29, 0.717) is 19.3 Å². The lowest BCUT2D eigenvalue weighted by Gasteiger charge is -2.18. The fraction of sp³-hybridized carbons (Fsp3) is 0.722. The summed E-state index contributed by atoms with van der Waals surface area (Å²) in [6.45, 7) is 6.41. The van der Waals surface area contributed by atoms with Crippen LogP contribution in [0.15, 0.2) is 72.9 Å². The number of hydrogen-bond acceptors (Lipinski definition) is 6. The number of rotatable bonds is 44. The SMILES string of the molecule is CC/C=C\C/C=C\C/C=C\CCCCCCCCCCCC(=O)OCC(COC(=O)CCCCC/C=C\C=C/CCCC)OC(=O)CCCCCCC/C=C\CCCCC. The average Bonchev–Trinajstić information content (AvgIpc) is 3.24. The Kier molecular flexibility index (Phi) is 46.0. The van der Waals surface area contributed by atoms with Gasteiger partial charge in [0.2, 0.25) is 0 Å². The Bertz CT molecular complexity index is 1140. The molecule has 1 unspecified atom stereocenters. The minimum absolute atomic E-state index is 0.0905. The van der Waals surface area contributed by atoms with Gasteiger partial charge in [0, 0.05) is 19.3 Å². The zero-order valence-corrected chi connectivity index (χ0v) is 39.2. The van der Waals surface area contributed by atoms with Gasteiger partial charge in [0.1, 0.15) is 13.2 Å². The van der Waals surface area contributed by atoms with Crippen molar-refractivity contribution in [2.75, 3.05) is 13.2 Å². The van der Waals surface area contributed by atoms with Gasteiger partial charge >= 0.3 is 17.9 Å². The van der Waals surface area contributed by atoms with Crippen LogP contribution in [0.2, 0.25) is 0 Å². The zero-order valence-electron chi connectivity index (χ0n) is 39.2. The van der Waals surface area contributed by atoms with Crippen molar-refractivity contribution in [2.24, 2.45) is 0 Å². The maximum Gasteiger partial charge on any atom is 0.306 e. The van der Waals surface area contributed by atoms with E-state index in [4.69, 9.17) is 14.2 Å². The molecule has 0 amide bonds. The van der Waals surface area contributed by atoms with Gasteiger partial charge in [-0.3, -0.25) is 14.4 Å². The van der Waals surface area contributed by atoms with Gasteiger partial charge < -0.3 is 14.2 Å². The molecule has 0 radical (unpaired) electrons. The van der Waals surface area contributed by atoms with Gasteiger partial charge in [0.15, 0.2) is 6.10 Å². The molecule has 60 heavy (non-hydrogen) atoms. The van der Waals surface area contributed by atoms with Crippen LogP contribution in [0.25, 0.3) is 0 Å². The van der Waals surface area contributed by atoms with Gasteiger partial charge in [-0.05, 0) is 96.3 Å². The van der Waals surface area contributed by atoms with Crippen LogP contribution in [0.3, 0.4) is 0 Å². The maximum atomic E-state index is 12.7. The summed E-state index contributed by atoms with van der Waals surface area (Å²) >= 11 is 0. The molecule has 0 bridgehead atoms. The summed E-state index contributed by atoms with van der Waals surface area (Å²) in [5.74, 6) is -0.935. The summed E-state index contributed by atoms with van der Waals surface area (Å²) in [5, 5.41) is 0. The molecule has 0 aromatic heterocycles. The third-order valence-electron chi connectivity index (χ3n) is 10.4. The van der Waals surface area contributed by atoms with Crippen molar-refractivity contribution >= 4 is 17.9 Å². The molecular formula is C54H92O6. The lowest BCUT2D eigenvalue weighted by atomic mass is 10.1. The van der Waals surface area contributed by atoms with E-state index in [1.54, 1.807) is 0 Å². The van der Waals surface area contributed by atoms with Gasteiger partial charge in [-0.1, -0.05) is 190 Å². The predicted molar refractivity (Wildman–Crippen MR) is 256 cm³/mol. The van der Waals surface area contributed by atoms with Crippen LogP contribution in [0, 0.1) is 0 Å². The van der Waals surface area contributed by atoms with Crippen molar-refractivity contribution in [2.45, 2.75) is 239 Å². The maximum absolute atomic E-state index is 12.7. The highest BCUT2D eigenvalue weighted by Gasteiger charge is 2.19. The Labute approximate surface area is 370 Å². The van der Waals surface area contributed by atoms with E-state index in [2.05, 4.69) is 93.7 Å². The molecule has 0 spiro atoms. The zero-order chi connectivity index (χ0) is 43.7. The van der Waals surface area contributed by atoms with E-state index in [1.165, 1.54) is 89.9 Å². The topological polar surface area (TPSA) is 78.9 Å². The molecule has 0 rings (SSSR count). The first kappa shape index (κ1) is 56.9. The lowest BCUT2D eigenvalue weighted by Crippen LogP contribution is -2.30. The van der Waals surface area contributed by atoms with Gasteiger partial charge in [0.25, 0.3) is 0 Å². The number of carbonyl (C=O) groups excluding carboxylic acids is 3. The Balaban J connectivity index is 4.36. The van der Waals surface area contributed by atoms with E-state index in [1.807, 2.05) is 0 Å². The van der Waals surface area contributed by atoms with E-state index >= 15 is 0 Å². The predicted octanol–water partition coefficient (Wildman–Crippen LogP) is 16.3. The minimum atomic E-state index is -0.791. The first-order valence-corrected chi connectivity index (χ1v) is 25.0. The standard InChI is InChI=1S/C54H92O6/c1-4-7-10-13-16-19-22-24-25-26-27-28-29-30-33-35-38-41-44-47-53(56)59-50-51(49-58-52(55)46-43-40-37-34-31-21-18-15-12-9-6-3)60-54(57)48-45-42-39-36-32-23-20-17-14-11-8-5-2/h7,10,15-21,24-25,31,51H,4-6,8-9,11-14,22-23,26-30,32-50H2,1-3H3/b10-7-,18-15-,19-16-,20-17-,25-24-,31-21-. The summed E-state index contributed by atoms with van der Waals surface area (Å²) in [5.41, 5.74) is 0. The van der Waals surface area contributed by atoms with Crippen LogP contribution >= 0.6 is 0 Å². The van der Waals surface area contributed by atoms with Crippen molar-refractivity contribution in [1.82, 2.24) is 0 Å². The lowest BCUT2D eigenvalue weighted by molar-refractivity contribution is -0.167. The van der Waals surface area contributed by atoms with Crippen LogP contribution in [-0.4, -0.2) is 37.2 Å². The monoisotopic (exact) mass is 837 g/mol. The van der Waals surface area contributed by atoms with Crippen LogP contribution in [0.5, 0.6) is 0 Å². The number of esters is 3. The van der Waals surface area contributed by atoms with Crippen molar-refractivity contribution in [3.05, 3.63) is 72.9 Å². The molecule has 0 aromatic carbocycles. The summed E-state index contributed by atoms with van der Waals surface area (Å²) in [4.78, 5) is 37.9. The summed E-state index contributed by atoms with van der Waals surface area (Å²) in [6.07, 6.45) is 60.3. The van der Waals surface area contributed by atoms with Gasteiger partial charge in [-0.25, -0.2) is 0 Å². The molecule has 1 atom stereocenters. The minimum Gasteiger partial charge on any atom is -0.462 e. The Morgan fingerprint density at radius 2 is 0.717 bits per heavy atom. The molecule has 0 aromatic rings. The molecule has 0 aliphatic carbocycles. The molecule has 6 heteroatoms. The van der Waals surface area contributed by atoms with Crippen LogP contribution in [-0.2, 0) is 28.6 Å². The normalized spacial score (nSPS) is 12.7. The highest BCUT2D eigenvalue weighted by molar-refractivity contribution is 5.71. The molecule has 0 fully saturated rings. The smallest absolute Gasteiger partial charge is 0.306 e. The highest BCUT2D eigenvalue weighted by atomic mass is 16.6. The molecule has 0 N–H and O–H groups in total. The van der Waals surface area contributed by atoms with Crippen LogP contribution in [0.1, 0.15) is 233 Å². The van der Waals surface area contributed by atoms with E-state index in [0.717, 1.165) is 103 Å². The average molecular weight is 837 g/mol. The fourth-order valence-corrected chi connectivity index (χ4v) is 6.66. The molecule has 0 aliphatic rings. The molecule has 0 heterocycles. The molecule has 0 aliphatic heterocycles. The third-order valence-corrected chi connectivity index (χ3v) is 10.4. The Morgan fingerprint density at radius 3 is 1.20 bits per heavy atom. The number of allylic oxidation sites excluding steroid dienone is 12. The first-order chi connectivity index (χ1) is 29.5. The quantitative estimate of drug-likeness (QED) is 0.0200. The number of carbonyl (C=O) groups is 3. The van der Waals surface area contributed by atoms with Crippen molar-refractivity contribution < 1.29 is 28.6 Å². The summed E-state index contributed by atoms with van der Waals surface area (Å²) < 4.78 is 16.7. The molecule has 0 saturated carbocycles. The second-order valence-corrected chi connectivity index (χ2v) is 16.4. The van der Waals surface area contributed by atoms with Crippen molar-refractivity contribution in [3.63, 3.8) is 0 Å². The van der Waals surface area contributed by atoms with Gasteiger partial charge in [-0.15, -0.1) is 0 Å². The Morgan fingerprint density at radius 1 is 0.367 bits per heavy atom. The number of ether oxygens (including phenoxy) is 3. The number of unbranched alkanes of at least 4 members (excludes halogenated alkanes) is 22. The largest absolute Gasteiger partial charge is 0.462 e. The molecule has 0 saturated heterocycles. The van der Waals surface area contributed by atoms with Crippen LogP contribution in [0.4, 0.5) is 0 Å². The highest BCUT2D eigenvalue weighted by Crippen LogP contribution is 2.14. The summed E-state index contributed by atoms with van der Waals surface area (Å²) in [7, 11) is 0. The molecule has 344 valence electrons. The first-order valence-electron chi connectivity index (χ1n) is 25.0. The third kappa shape index (κ3) is 45.9. The molecular weight excluding hydrogens is 745 g/mol. The number of hydrogen-bond donors (Lipinski definition) is 0. The summed E-state index contributed by atoms with van der Waals surface area (Å²) in [6, 6.07) is 0.